The van der Waals surface area contributed by atoms with Crippen molar-refractivity contribution in [3.05, 3.63) is 29.8 Å². The number of rotatable bonds is 6. The van der Waals surface area contributed by atoms with Gasteiger partial charge in [-0.1, -0.05) is 24.7 Å². The van der Waals surface area contributed by atoms with Gasteiger partial charge >= 0.3 is 0 Å². The molecular formula is C17H20O. The number of methoxy groups -OCH3 is 1. The summed E-state index contributed by atoms with van der Waals surface area (Å²) in [6, 6.07) is 7.84. The standard InChI is InChI=1S/C17H20O/c1-3-4-5-6-7-8-9-10-11-16-12-14-17(18-2)15-13-16/h1,12-15H,4-9H2,2H3. The first-order valence-electron chi connectivity index (χ1n) is 6.43. The number of hydrogen-bond donors (Lipinski definition) is 0. The van der Waals surface area contributed by atoms with Gasteiger partial charge in [0.2, 0.25) is 0 Å². The Labute approximate surface area is 111 Å². The van der Waals surface area contributed by atoms with Crippen molar-refractivity contribution in [1.29, 1.82) is 0 Å². The van der Waals surface area contributed by atoms with Gasteiger partial charge in [-0.2, -0.15) is 0 Å². The molecule has 0 aromatic heterocycles. The van der Waals surface area contributed by atoms with E-state index in [0.717, 1.165) is 37.0 Å². The third-order valence-corrected chi connectivity index (χ3v) is 2.70. The van der Waals surface area contributed by atoms with E-state index in [9.17, 15) is 0 Å². The van der Waals surface area contributed by atoms with Gasteiger partial charge in [0.05, 0.1) is 7.11 Å². The van der Waals surface area contributed by atoms with Gasteiger partial charge in [0.25, 0.3) is 0 Å². The molecule has 18 heavy (non-hydrogen) atoms. The van der Waals surface area contributed by atoms with Crippen molar-refractivity contribution in [2.75, 3.05) is 7.11 Å². The summed E-state index contributed by atoms with van der Waals surface area (Å²) >= 11 is 0. The molecule has 0 atom stereocenters. The number of ether oxygens (including phenoxy) is 1. The maximum absolute atomic E-state index is 5.19. The minimum atomic E-state index is 0.870. The first kappa shape index (κ1) is 14.2. The molecule has 94 valence electrons. The molecule has 0 N–H and O–H groups in total. The second-order valence-electron chi connectivity index (χ2n) is 4.15. The van der Waals surface area contributed by atoms with Gasteiger partial charge < -0.3 is 4.74 Å². The number of benzene rings is 1. The fourth-order valence-corrected chi connectivity index (χ4v) is 1.63. The fraction of sp³-hybridized carbons (Fsp3) is 0.412. The van der Waals surface area contributed by atoms with Crippen molar-refractivity contribution >= 4 is 0 Å². The summed E-state index contributed by atoms with van der Waals surface area (Å²) in [6.45, 7) is 0. The van der Waals surface area contributed by atoms with Crippen molar-refractivity contribution in [1.82, 2.24) is 0 Å². The lowest BCUT2D eigenvalue weighted by Crippen LogP contribution is -1.82. The molecule has 0 aliphatic heterocycles. The van der Waals surface area contributed by atoms with Crippen LogP contribution in [0.4, 0.5) is 0 Å². The van der Waals surface area contributed by atoms with Gasteiger partial charge in [0.15, 0.2) is 0 Å². The van der Waals surface area contributed by atoms with Gasteiger partial charge in [0.1, 0.15) is 5.75 Å². The predicted octanol–water partition coefficient (Wildman–Crippen LogP) is 4.02. The van der Waals surface area contributed by atoms with Gasteiger partial charge in [-0.3, -0.25) is 0 Å². The van der Waals surface area contributed by atoms with Gasteiger partial charge in [0, 0.05) is 18.4 Å². The molecule has 1 rings (SSSR count). The molecule has 0 aliphatic carbocycles. The number of hydrogen-bond acceptors (Lipinski definition) is 1. The van der Waals surface area contributed by atoms with Crippen LogP contribution in [-0.4, -0.2) is 7.11 Å². The zero-order valence-corrected chi connectivity index (χ0v) is 11.0. The largest absolute Gasteiger partial charge is 0.497 e. The van der Waals surface area contributed by atoms with E-state index in [-0.39, 0.29) is 0 Å². The van der Waals surface area contributed by atoms with Crippen molar-refractivity contribution in [3.8, 4) is 29.9 Å². The quantitative estimate of drug-likeness (QED) is 0.539. The minimum absolute atomic E-state index is 0.870. The van der Waals surface area contributed by atoms with Crippen LogP contribution in [0.25, 0.3) is 0 Å². The van der Waals surface area contributed by atoms with Crippen LogP contribution in [0.15, 0.2) is 24.3 Å². The molecule has 0 aliphatic rings. The highest BCUT2D eigenvalue weighted by molar-refractivity contribution is 5.38. The normalized spacial score (nSPS) is 9.11. The van der Waals surface area contributed by atoms with Crippen LogP contribution in [-0.2, 0) is 0 Å². The lowest BCUT2D eigenvalue weighted by molar-refractivity contribution is 0.415. The van der Waals surface area contributed by atoms with Crippen LogP contribution >= 0.6 is 0 Å². The highest BCUT2D eigenvalue weighted by atomic mass is 16.5. The van der Waals surface area contributed by atoms with Gasteiger partial charge in [-0.25, -0.2) is 0 Å². The van der Waals surface area contributed by atoms with E-state index >= 15 is 0 Å². The predicted molar refractivity (Wildman–Crippen MR) is 76.4 cm³/mol. The van der Waals surface area contributed by atoms with Gasteiger partial charge in [-0.05, 0) is 37.1 Å². The zero-order chi connectivity index (χ0) is 13.1. The van der Waals surface area contributed by atoms with Crippen LogP contribution < -0.4 is 4.74 Å². The molecule has 0 heterocycles. The van der Waals surface area contributed by atoms with E-state index in [1.807, 2.05) is 24.3 Å². The molecule has 0 saturated heterocycles. The van der Waals surface area contributed by atoms with Crippen molar-refractivity contribution in [3.63, 3.8) is 0 Å². The lowest BCUT2D eigenvalue weighted by Gasteiger charge is -1.97. The summed E-state index contributed by atoms with van der Waals surface area (Å²) < 4.78 is 5.10. The lowest BCUT2D eigenvalue weighted by atomic mass is 10.1. The van der Waals surface area contributed by atoms with E-state index in [2.05, 4.69) is 17.8 Å². The summed E-state index contributed by atoms with van der Waals surface area (Å²) in [4.78, 5) is 0. The average molecular weight is 240 g/mol. The second kappa shape index (κ2) is 9.20. The Hall–Kier alpha value is -1.86. The molecule has 1 nitrogen and oxygen atoms in total. The molecular weight excluding hydrogens is 220 g/mol. The van der Waals surface area contributed by atoms with Crippen LogP contribution in [0.3, 0.4) is 0 Å². The second-order valence-corrected chi connectivity index (χ2v) is 4.15. The molecule has 1 aromatic rings. The Kier molecular flexibility index (Phi) is 7.26. The molecule has 0 amide bonds. The molecule has 0 unspecified atom stereocenters. The fourth-order valence-electron chi connectivity index (χ4n) is 1.63. The summed E-state index contributed by atoms with van der Waals surface area (Å²) in [7, 11) is 1.67. The number of unbranched alkanes of at least 4 members (excludes halogenated alkanes) is 5. The molecule has 0 bridgehead atoms. The Bertz CT molecular complexity index is 425. The summed E-state index contributed by atoms with van der Waals surface area (Å²) in [5.74, 6) is 9.89. The maximum Gasteiger partial charge on any atom is 0.118 e. The zero-order valence-electron chi connectivity index (χ0n) is 11.0. The van der Waals surface area contributed by atoms with Crippen LogP contribution in [0.1, 0.15) is 44.1 Å². The third-order valence-electron chi connectivity index (χ3n) is 2.70. The summed E-state index contributed by atoms with van der Waals surface area (Å²) in [5, 5.41) is 0. The van der Waals surface area contributed by atoms with E-state index in [1.165, 1.54) is 12.8 Å². The Morgan fingerprint density at radius 3 is 2.28 bits per heavy atom. The number of terminal acetylenes is 1. The van der Waals surface area contributed by atoms with Gasteiger partial charge in [-0.15, -0.1) is 12.3 Å². The highest BCUT2D eigenvalue weighted by Crippen LogP contribution is 2.10. The van der Waals surface area contributed by atoms with Crippen LogP contribution in [0.5, 0.6) is 5.75 Å². The van der Waals surface area contributed by atoms with Crippen LogP contribution in [0.2, 0.25) is 0 Å². The van der Waals surface area contributed by atoms with E-state index in [1.54, 1.807) is 7.11 Å². The minimum Gasteiger partial charge on any atom is -0.497 e. The van der Waals surface area contributed by atoms with Crippen molar-refractivity contribution in [2.45, 2.75) is 38.5 Å². The van der Waals surface area contributed by atoms with E-state index in [0.29, 0.717) is 0 Å². The average Bonchev–Trinajstić information content (AvgIpc) is 2.42. The molecule has 0 fully saturated rings. The molecule has 0 spiro atoms. The maximum atomic E-state index is 5.19. The monoisotopic (exact) mass is 240 g/mol. The Morgan fingerprint density at radius 1 is 1.00 bits per heavy atom. The topological polar surface area (TPSA) is 9.23 Å². The van der Waals surface area contributed by atoms with Crippen LogP contribution in [0, 0.1) is 24.2 Å². The smallest absolute Gasteiger partial charge is 0.118 e. The Balaban J connectivity index is 2.19. The molecule has 1 heteroatoms. The Morgan fingerprint density at radius 2 is 1.67 bits per heavy atom. The summed E-state index contributed by atoms with van der Waals surface area (Å²) in [6.07, 6.45) is 11.8. The first-order chi connectivity index (χ1) is 8.86. The molecule has 0 radical (unpaired) electrons. The van der Waals surface area contributed by atoms with Crippen molar-refractivity contribution in [2.24, 2.45) is 0 Å². The first-order valence-corrected chi connectivity index (χ1v) is 6.43. The van der Waals surface area contributed by atoms with E-state index < -0.39 is 0 Å². The highest BCUT2D eigenvalue weighted by Gasteiger charge is 1.90. The molecule has 1 aromatic carbocycles. The van der Waals surface area contributed by atoms with E-state index in [4.69, 9.17) is 11.2 Å². The SMILES string of the molecule is C#CCCCCCCC#Cc1ccc(OC)cc1. The van der Waals surface area contributed by atoms with Crippen molar-refractivity contribution < 1.29 is 4.74 Å². The summed E-state index contributed by atoms with van der Waals surface area (Å²) in [5.41, 5.74) is 1.04. The molecule has 0 saturated carbocycles. The third kappa shape index (κ3) is 6.02.